The number of nitrogens with zero attached hydrogens (tertiary/aromatic N) is 2. The van der Waals surface area contributed by atoms with Crippen LogP contribution in [0.5, 0.6) is 11.5 Å². The smallest absolute Gasteiger partial charge is 0.271 e. The maximum Gasteiger partial charge on any atom is 0.271 e. The molecule has 2 aliphatic heterocycles. The third-order valence-electron chi connectivity index (χ3n) is 5.80. The number of carbonyl (C=O) groups excluding carboxylic acids is 1. The summed E-state index contributed by atoms with van der Waals surface area (Å²) in [6.45, 7) is 3.92. The second kappa shape index (κ2) is 9.24. The van der Waals surface area contributed by atoms with Gasteiger partial charge in [0.15, 0.2) is 11.5 Å². The summed E-state index contributed by atoms with van der Waals surface area (Å²) in [6.07, 6.45) is 2.66. The fourth-order valence-electron chi connectivity index (χ4n) is 4.13. The Kier molecular flexibility index (Phi) is 5.85. The molecule has 0 aliphatic carbocycles. The molecule has 2 aliphatic rings. The van der Waals surface area contributed by atoms with Gasteiger partial charge in [0.05, 0.1) is 6.21 Å². The molecule has 6 nitrogen and oxygen atoms in total. The first-order valence-electron chi connectivity index (χ1n) is 10.9. The van der Waals surface area contributed by atoms with Crippen molar-refractivity contribution in [2.75, 3.05) is 19.8 Å². The number of para-hydroxylation sites is 1. The molecule has 0 unspecified atom stereocenters. The van der Waals surface area contributed by atoms with E-state index in [4.69, 9.17) is 9.47 Å². The van der Waals surface area contributed by atoms with Crippen molar-refractivity contribution >= 4 is 12.1 Å². The Balaban J connectivity index is 1.18. The van der Waals surface area contributed by atoms with Crippen LogP contribution in [0.25, 0.3) is 0 Å². The van der Waals surface area contributed by atoms with Gasteiger partial charge in [-0.3, -0.25) is 9.69 Å². The van der Waals surface area contributed by atoms with Crippen molar-refractivity contribution in [2.24, 2.45) is 5.10 Å². The molecule has 6 heteroatoms. The van der Waals surface area contributed by atoms with Gasteiger partial charge in [-0.2, -0.15) is 5.10 Å². The summed E-state index contributed by atoms with van der Waals surface area (Å²) in [5.41, 5.74) is 7.98. The first kappa shape index (κ1) is 20.3. The van der Waals surface area contributed by atoms with Gasteiger partial charge in [-0.1, -0.05) is 42.5 Å². The van der Waals surface area contributed by atoms with E-state index in [-0.39, 0.29) is 5.91 Å². The molecule has 0 atom stereocenters. The molecule has 0 bridgehead atoms. The van der Waals surface area contributed by atoms with Crippen molar-refractivity contribution in [1.82, 2.24) is 10.3 Å². The number of benzene rings is 3. The molecule has 2 heterocycles. The van der Waals surface area contributed by atoms with E-state index >= 15 is 0 Å². The fourth-order valence-corrected chi connectivity index (χ4v) is 4.13. The van der Waals surface area contributed by atoms with Crippen molar-refractivity contribution in [2.45, 2.75) is 19.5 Å². The third kappa shape index (κ3) is 4.50. The van der Waals surface area contributed by atoms with Crippen LogP contribution < -0.4 is 14.9 Å². The Hall–Kier alpha value is -3.64. The molecule has 0 saturated carbocycles. The molecule has 1 amide bonds. The molecule has 0 saturated heterocycles. The van der Waals surface area contributed by atoms with E-state index in [1.165, 1.54) is 16.7 Å². The average Bonchev–Trinajstić information content (AvgIpc) is 2.84. The van der Waals surface area contributed by atoms with Crippen molar-refractivity contribution in [1.29, 1.82) is 0 Å². The Morgan fingerprint density at radius 1 is 0.969 bits per heavy atom. The Bertz CT molecular complexity index is 1140. The van der Waals surface area contributed by atoms with Gasteiger partial charge in [-0.25, -0.2) is 5.43 Å². The van der Waals surface area contributed by atoms with Gasteiger partial charge in [-0.05, 0) is 47.4 Å². The predicted molar refractivity (Wildman–Crippen MR) is 123 cm³/mol. The summed E-state index contributed by atoms with van der Waals surface area (Å²) in [4.78, 5) is 14.9. The second-order valence-corrected chi connectivity index (χ2v) is 8.00. The van der Waals surface area contributed by atoms with Crippen molar-refractivity contribution < 1.29 is 14.3 Å². The summed E-state index contributed by atoms with van der Waals surface area (Å²) in [6, 6.07) is 22.0. The number of amides is 1. The number of fused-ring (bicyclic) bond motifs is 2. The number of rotatable bonds is 5. The number of nitrogens with one attached hydrogen (secondary N) is 1. The van der Waals surface area contributed by atoms with Crippen LogP contribution in [0, 0.1) is 0 Å². The maximum atomic E-state index is 12.5. The van der Waals surface area contributed by atoms with Gasteiger partial charge in [0.25, 0.3) is 5.91 Å². The minimum Gasteiger partial charge on any atom is -0.486 e. The molecule has 0 aromatic heterocycles. The van der Waals surface area contributed by atoms with Crippen LogP contribution in [-0.2, 0) is 19.5 Å². The molecule has 0 spiro atoms. The van der Waals surface area contributed by atoms with Crippen LogP contribution in [-0.4, -0.2) is 36.8 Å². The van der Waals surface area contributed by atoms with Crippen LogP contribution in [0.15, 0.2) is 71.8 Å². The third-order valence-corrected chi connectivity index (χ3v) is 5.80. The monoisotopic (exact) mass is 427 g/mol. The normalized spacial score (nSPS) is 15.4. The van der Waals surface area contributed by atoms with Crippen LogP contribution in [0.1, 0.15) is 32.6 Å². The zero-order valence-corrected chi connectivity index (χ0v) is 17.8. The Morgan fingerprint density at radius 3 is 2.66 bits per heavy atom. The Morgan fingerprint density at radius 2 is 1.78 bits per heavy atom. The summed E-state index contributed by atoms with van der Waals surface area (Å²) >= 11 is 0. The van der Waals surface area contributed by atoms with Gasteiger partial charge < -0.3 is 9.47 Å². The zero-order valence-electron chi connectivity index (χ0n) is 17.8. The lowest BCUT2D eigenvalue weighted by Crippen LogP contribution is -2.30. The van der Waals surface area contributed by atoms with Crippen molar-refractivity contribution in [3.63, 3.8) is 0 Å². The van der Waals surface area contributed by atoms with Gasteiger partial charge in [0.1, 0.15) is 13.2 Å². The molecular formula is C26H25N3O3. The lowest BCUT2D eigenvalue weighted by molar-refractivity contribution is 0.0955. The molecule has 0 fully saturated rings. The quantitative estimate of drug-likeness (QED) is 0.497. The van der Waals surface area contributed by atoms with E-state index in [0.717, 1.165) is 31.6 Å². The minimum absolute atomic E-state index is 0.248. The van der Waals surface area contributed by atoms with Gasteiger partial charge in [0, 0.05) is 30.8 Å². The predicted octanol–water partition coefficient (Wildman–Crippen LogP) is 3.78. The van der Waals surface area contributed by atoms with Crippen LogP contribution >= 0.6 is 0 Å². The molecule has 3 aromatic rings. The van der Waals surface area contributed by atoms with E-state index in [2.05, 4.69) is 39.7 Å². The standard InChI is InChI=1S/C26H25N3O3/c30-26(28-27-16-22-6-3-7-24-25(22)32-15-14-31-24)21-10-8-19(9-11-21)17-29-13-12-20-4-1-2-5-23(20)18-29/h1-11,16H,12-15,17-18H2,(H,28,30)/b27-16-. The number of ether oxygens (including phenoxy) is 2. The maximum absolute atomic E-state index is 12.5. The average molecular weight is 428 g/mol. The minimum atomic E-state index is -0.248. The molecule has 1 N–H and O–H groups in total. The van der Waals surface area contributed by atoms with Crippen molar-refractivity contribution in [3.8, 4) is 11.5 Å². The highest BCUT2D eigenvalue weighted by atomic mass is 16.6. The molecule has 5 rings (SSSR count). The van der Waals surface area contributed by atoms with E-state index < -0.39 is 0 Å². The Labute approximate surface area is 187 Å². The first-order valence-corrected chi connectivity index (χ1v) is 10.9. The summed E-state index contributed by atoms with van der Waals surface area (Å²) in [5, 5.41) is 4.10. The lowest BCUT2D eigenvalue weighted by Gasteiger charge is -2.28. The number of hydrazone groups is 1. The molecular weight excluding hydrogens is 402 g/mol. The van der Waals surface area contributed by atoms with E-state index in [0.29, 0.717) is 30.3 Å². The van der Waals surface area contributed by atoms with Gasteiger partial charge >= 0.3 is 0 Å². The second-order valence-electron chi connectivity index (χ2n) is 8.00. The number of hydrogen-bond donors (Lipinski definition) is 1. The van der Waals surface area contributed by atoms with E-state index in [1.54, 1.807) is 6.21 Å². The lowest BCUT2D eigenvalue weighted by atomic mass is 9.99. The largest absolute Gasteiger partial charge is 0.486 e. The summed E-state index contributed by atoms with van der Waals surface area (Å²) < 4.78 is 11.2. The van der Waals surface area contributed by atoms with Crippen LogP contribution in [0.2, 0.25) is 0 Å². The van der Waals surface area contributed by atoms with Crippen molar-refractivity contribution in [3.05, 3.63) is 94.5 Å². The van der Waals surface area contributed by atoms with Crippen LogP contribution in [0.4, 0.5) is 0 Å². The summed E-state index contributed by atoms with van der Waals surface area (Å²) in [5.74, 6) is 1.10. The number of carbonyl (C=O) groups is 1. The highest BCUT2D eigenvalue weighted by Gasteiger charge is 2.16. The fraction of sp³-hybridized carbons (Fsp3) is 0.231. The first-order chi connectivity index (χ1) is 15.8. The molecule has 0 radical (unpaired) electrons. The van der Waals surface area contributed by atoms with E-state index in [9.17, 15) is 4.79 Å². The van der Waals surface area contributed by atoms with Crippen LogP contribution in [0.3, 0.4) is 0 Å². The van der Waals surface area contributed by atoms with E-state index in [1.807, 2.05) is 42.5 Å². The summed E-state index contributed by atoms with van der Waals surface area (Å²) in [7, 11) is 0. The zero-order chi connectivity index (χ0) is 21.8. The molecule has 32 heavy (non-hydrogen) atoms. The highest BCUT2D eigenvalue weighted by Crippen LogP contribution is 2.32. The van der Waals surface area contributed by atoms with Gasteiger partial charge in [-0.15, -0.1) is 0 Å². The highest BCUT2D eigenvalue weighted by molar-refractivity contribution is 5.95. The van der Waals surface area contributed by atoms with Gasteiger partial charge in [0.2, 0.25) is 0 Å². The topological polar surface area (TPSA) is 63.2 Å². The number of hydrogen-bond acceptors (Lipinski definition) is 5. The SMILES string of the molecule is O=C(N/N=C\c1cccc2c1OCCO2)c1ccc(CN2CCc3ccccc3C2)cc1. The molecule has 162 valence electrons. The molecule has 3 aromatic carbocycles.